The van der Waals surface area contributed by atoms with E-state index < -0.39 is 13.5 Å². The monoisotopic (exact) mass is 312 g/mol. The van der Waals surface area contributed by atoms with Gasteiger partial charge in [0, 0.05) is 12.4 Å². The van der Waals surface area contributed by atoms with Crippen LogP contribution >= 0.6 is 7.60 Å². The zero-order chi connectivity index (χ0) is 15.5. The van der Waals surface area contributed by atoms with Crippen LogP contribution in [0.4, 0.5) is 0 Å². The van der Waals surface area contributed by atoms with Gasteiger partial charge in [0.2, 0.25) is 5.78 Å². The predicted octanol–water partition coefficient (Wildman–Crippen LogP) is 1.59. The minimum atomic E-state index is -3.22. The highest BCUT2D eigenvalue weighted by Crippen LogP contribution is 2.50. The zero-order valence-corrected chi connectivity index (χ0v) is 12.7. The summed E-state index contributed by atoms with van der Waals surface area (Å²) in [7, 11) is -3.22. The highest BCUT2D eigenvalue weighted by atomic mass is 31.2. The number of rotatable bonds is 7. The third kappa shape index (κ3) is 3.66. The van der Waals surface area contributed by atoms with Gasteiger partial charge in [-0.05, 0) is 19.9 Å². The minimum Gasteiger partial charge on any atom is -0.364 e. The van der Waals surface area contributed by atoms with Crippen molar-refractivity contribution < 1.29 is 18.4 Å². The molecule has 0 saturated heterocycles. The van der Waals surface area contributed by atoms with Crippen LogP contribution in [0.15, 0.2) is 18.5 Å². The van der Waals surface area contributed by atoms with E-state index in [9.17, 15) is 9.36 Å². The number of nitrogens with two attached hydrogens (primary N) is 1. The maximum Gasteiger partial charge on any atom is 0.336 e. The minimum absolute atomic E-state index is 0.0456. The van der Waals surface area contributed by atoms with Gasteiger partial charge in [0.05, 0.1) is 25.1 Å². The van der Waals surface area contributed by atoms with Gasteiger partial charge in [-0.15, -0.1) is 0 Å². The average Bonchev–Trinajstić information content (AvgIpc) is 2.82. The fourth-order valence-corrected chi connectivity index (χ4v) is 3.45. The molecule has 0 unspecified atom stereocenters. The summed E-state index contributed by atoms with van der Waals surface area (Å²) >= 11 is 0. The highest BCUT2D eigenvalue weighted by molar-refractivity contribution is 7.53. The van der Waals surface area contributed by atoms with Crippen molar-refractivity contribution in [1.82, 2.24) is 14.4 Å². The molecule has 9 heteroatoms. The Balaban J connectivity index is 2.29. The van der Waals surface area contributed by atoms with Gasteiger partial charge in [0.1, 0.15) is 5.69 Å². The van der Waals surface area contributed by atoms with Gasteiger partial charge in [0.25, 0.3) is 5.91 Å². The van der Waals surface area contributed by atoms with Crippen LogP contribution in [0.2, 0.25) is 0 Å². The van der Waals surface area contributed by atoms with E-state index in [1.54, 1.807) is 30.5 Å². The predicted molar refractivity (Wildman–Crippen MR) is 76.1 cm³/mol. The summed E-state index contributed by atoms with van der Waals surface area (Å²) in [5, 5.41) is 0. The van der Waals surface area contributed by atoms with E-state index in [0.29, 0.717) is 11.5 Å². The molecule has 0 fully saturated rings. The molecule has 0 bridgehead atoms. The van der Waals surface area contributed by atoms with Crippen LogP contribution in [-0.2, 0) is 19.8 Å². The highest BCUT2D eigenvalue weighted by Gasteiger charge is 2.25. The van der Waals surface area contributed by atoms with E-state index in [4.69, 9.17) is 14.8 Å². The molecule has 2 aromatic rings. The molecular formula is C12H17N4O4P. The van der Waals surface area contributed by atoms with Crippen LogP contribution in [-0.4, -0.2) is 33.5 Å². The smallest absolute Gasteiger partial charge is 0.336 e. The third-order valence-corrected chi connectivity index (χ3v) is 4.66. The normalized spacial score (nSPS) is 11.9. The first kappa shape index (κ1) is 15.6. The molecule has 0 saturated carbocycles. The summed E-state index contributed by atoms with van der Waals surface area (Å²) in [4.78, 5) is 19.3. The Morgan fingerprint density at radius 3 is 2.57 bits per heavy atom. The molecule has 21 heavy (non-hydrogen) atoms. The molecule has 0 atom stereocenters. The quantitative estimate of drug-likeness (QED) is 0.778. The summed E-state index contributed by atoms with van der Waals surface area (Å²) in [5.74, 6) is -0.322. The van der Waals surface area contributed by atoms with Gasteiger partial charge in [-0.1, -0.05) is 0 Å². The second-order valence-electron chi connectivity index (χ2n) is 4.22. The van der Waals surface area contributed by atoms with Crippen LogP contribution < -0.4 is 5.73 Å². The first-order valence-corrected chi connectivity index (χ1v) is 8.22. The second kappa shape index (κ2) is 6.34. The molecule has 2 aromatic heterocycles. The first-order valence-electron chi connectivity index (χ1n) is 6.50. The molecule has 0 aromatic carbocycles. The van der Waals surface area contributed by atoms with E-state index in [2.05, 4.69) is 9.97 Å². The van der Waals surface area contributed by atoms with Gasteiger partial charge in [0.15, 0.2) is 0 Å². The Bertz CT molecular complexity index is 690. The molecule has 2 heterocycles. The van der Waals surface area contributed by atoms with E-state index in [1.165, 1.54) is 6.20 Å². The van der Waals surface area contributed by atoms with Crippen molar-refractivity contribution in [2.45, 2.75) is 20.0 Å². The van der Waals surface area contributed by atoms with Crippen LogP contribution in [0.25, 0.3) is 5.78 Å². The summed E-state index contributed by atoms with van der Waals surface area (Å²) < 4.78 is 24.5. The Morgan fingerprint density at radius 2 is 2.00 bits per heavy atom. The number of amides is 1. The lowest BCUT2D eigenvalue weighted by Gasteiger charge is -2.16. The largest absolute Gasteiger partial charge is 0.364 e. The number of nitrogens with zero attached hydrogens (tertiary/aromatic N) is 3. The van der Waals surface area contributed by atoms with Gasteiger partial charge in [-0.2, -0.15) is 0 Å². The number of hydrogen-bond donors (Lipinski definition) is 1. The molecular weight excluding hydrogens is 295 g/mol. The van der Waals surface area contributed by atoms with Crippen molar-refractivity contribution in [2.75, 3.05) is 13.2 Å². The standard InChI is InChI=1S/C12H17N4O4P/c1-3-19-21(18,20-4-2)8-9-5-6-16-7-10(11(13)17)15-12(16)14-9/h5-7H,3-4,8H2,1-2H3,(H2,13,17). The lowest BCUT2D eigenvalue weighted by molar-refractivity contribution is 0.0996. The summed E-state index contributed by atoms with van der Waals surface area (Å²) in [6.07, 6.45) is 3.20. The average molecular weight is 312 g/mol. The number of primary amides is 1. The fraction of sp³-hybridized carbons (Fsp3) is 0.417. The number of aromatic nitrogens is 3. The number of fused-ring (bicyclic) bond motifs is 1. The number of carbonyl (C=O) groups is 1. The van der Waals surface area contributed by atoms with E-state index in [1.807, 2.05) is 0 Å². The topological polar surface area (TPSA) is 109 Å². The van der Waals surface area contributed by atoms with Gasteiger partial charge in [-0.25, -0.2) is 9.97 Å². The van der Waals surface area contributed by atoms with Crippen molar-refractivity contribution in [1.29, 1.82) is 0 Å². The van der Waals surface area contributed by atoms with Crippen LogP contribution in [0.5, 0.6) is 0 Å². The van der Waals surface area contributed by atoms with Crippen LogP contribution in [0.3, 0.4) is 0 Å². The zero-order valence-electron chi connectivity index (χ0n) is 11.9. The molecule has 114 valence electrons. The van der Waals surface area contributed by atoms with Crippen molar-refractivity contribution in [2.24, 2.45) is 5.73 Å². The fourth-order valence-electron chi connectivity index (χ4n) is 1.84. The Labute approximate surface area is 121 Å². The SMILES string of the molecule is CCOP(=O)(Cc1ccn2cc(C(N)=O)nc2n1)OCC. The maximum absolute atomic E-state index is 12.4. The van der Waals surface area contributed by atoms with Gasteiger partial charge >= 0.3 is 7.60 Å². The maximum atomic E-state index is 12.4. The summed E-state index contributed by atoms with van der Waals surface area (Å²) in [5.41, 5.74) is 5.80. The van der Waals surface area contributed by atoms with Gasteiger partial charge < -0.3 is 14.8 Å². The molecule has 0 aliphatic carbocycles. The second-order valence-corrected chi connectivity index (χ2v) is 6.28. The van der Waals surface area contributed by atoms with Gasteiger partial charge in [-0.3, -0.25) is 13.8 Å². The molecule has 0 radical (unpaired) electrons. The lowest BCUT2D eigenvalue weighted by Crippen LogP contribution is -2.10. The van der Waals surface area contributed by atoms with Crippen LogP contribution in [0, 0.1) is 0 Å². The molecule has 8 nitrogen and oxygen atoms in total. The molecule has 2 N–H and O–H groups in total. The van der Waals surface area contributed by atoms with E-state index in [-0.39, 0.29) is 25.1 Å². The summed E-state index contributed by atoms with van der Waals surface area (Å²) in [6.45, 7) is 4.06. The Kier molecular flexibility index (Phi) is 4.72. The van der Waals surface area contributed by atoms with E-state index in [0.717, 1.165) is 0 Å². The van der Waals surface area contributed by atoms with Crippen molar-refractivity contribution in [3.05, 3.63) is 29.8 Å². The van der Waals surface area contributed by atoms with Crippen molar-refractivity contribution in [3.8, 4) is 0 Å². The Morgan fingerprint density at radius 1 is 1.33 bits per heavy atom. The Hall–Kier alpha value is -1.76. The van der Waals surface area contributed by atoms with Crippen LogP contribution in [0.1, 0.15) is 30.0 Å². The molecule has 2 rings (SSSR count). The van der Waals surface area contributed by atoms with E-state index >= 15 is 0 Å². The molecule has 0 aliphatic heterocycles. The number of carbonyl (C=O) groups excluding carboxylic acids is 1. The molecule has 1 amide bonds. The number of hydrogen-bond acceptors (Lipinski definition) is 6. The first-order chi connectivity index (χ1) is 9.97. The third-order valence-electron chi connectivity index (χ3n) is 2.64. The van der Waals surface area contributed by atoms with Crippen molar-refractivity contribution >= 4 is 19.3 Å². The lowest BCUT2D eigenvalue weighted by atomic mass is 10.4. The summed E-state index contributed by atoms with van der Waals surface area (Å²) in [6, 6.07) is 1.67. The number of imidazole rings is 1. The molecule has 0 spiro atoms. The molecule has 0 aliphatic rings. The van der Waals surface area contributed by atoms with Crippen molar-refractivity contribution in [3.63, 3.8) is 0 Å².